The summed E-state index contributed by atoms with van der Waals surface area (Å²) in [5.41, 5.74) is -2.14. The zero-order valence-corrected chi connectivity index (χ0v) is 13.9. The fraction of sp³-hybridized carbons (Fsp3) is 0.529. The molecule has 0 bridgehead atoms. The van der Waals surface area contributed by atoms with Gasteiger partial charge in [-0.25, -0.2) is 13.6 Å². The van der Waals surface area contributed by atoms with E-state index in [1.807, 2.05) is 0 Å². The molecule has 24 heavy (non-hydrogen) atoms. The van der Waals surface area contributed by atoms with Crippen molar-refractivity contribution >= 4 is 12.1 Å². The Labute approximate surface area is 139 Å². The van der Waals surface area contributed by atoms with E-state index in [9.17, 15) is 23.5 Å². The number of rotatable bonds is 3. The number of hydrogen-bond acceptors (Lipinski definition) is 4. The third-order valence-electron chi connectivity index (χ3n) is 3.96. The van der Waals surface area contributed by atoms with Crippen molar-refractivity contribution in [2.45, 2.75) is 51.2 Å². The van der Waals surface area contributed by atoms with Crippen LogP contribution in [0.2, 0.25) is 0 Å². The van der Waals surface area contributed by atoms with Gasteiger partial charge in [-0.3, -0.25) is 4.90 Å². The van der Waals surface area contributed by atoms with Crippen molar-refractivity contribution in [1.82, 2.24) is 4.90 Å². The van der Waals surface area contributed by atoms with Gasteiger partial charge in [0.1, 0.15) is 5.60 Å². The minimum absolute atomic E-state index is 0.160. The normalized spacial score (nSPS) is 21.0. The molecule has 5 nitrogen and oxygen atoms in total. The van der Waals surface area contributed by atoms with Crippen LogP contribution in [-0.4, -0.2) is 34.6 Å². The molecule has 1 heterocycles. The van der Waals surface area contributed by atoms with Crippen molar-refractivity contribution in [2.24, 2.45) is 0 Å². The Hall–Kier alpha value is -2.18. The van der Waals surface area contributed by atoms with E-state index in [0.717, 1.165) is 17.0 Å². The van der Waals surface area contributed by atoms with E-state index < -0.39 is 34.8 Å². The van der Waals surface area contributed by atoms with E-state index in [0.29, 0.717) is 6.42 Å². The first-order valence-electron chi connectivity index (χ1n) is 7.71. The fourth-order valence-electron chi connectivity index (χ4n) is 2.92. The van der Waals surface area contributed by atoms with Gasteiger partial charge >= 0.3 is 6.09 Å². The van der Waals surface area contributed by atoms with Gasteiger partial charge in [0.05, 0.1) is 11.5 Å². The molecule has 0 spiro atoms. The van der Waals surface area contributed by atoms with Crippen LogP contribution < -0.4 is 5.11 Å². The lowest BCUT2D eigenvalue weighted by Crippen LogP contribution is -2.60. The van der Waals surface area contributed by atoms with Crippen molar-refractivity contribution in [3.63, 3.8) is 0 Å². The summed E-state index contributed by atoms with van der Waals surface area (Å²) in [5, 5.41) is 11.8. The predicted molar refractivity (Wildman–Crippen MR) is 80.0 cm³/mol. The Bertz CT molecular complexity index is 656. The maximum absolute atomic E-state index is 13.4. The number of carboxylic acid groups (broad SMARTS) is 1. The monoisotopic (exact) mass is 340 g/mol. The van der Waals surface area contributed by atoms with Crippen LogP contribution in [0.5, 0.6) is 0 Å². The van der Waals surface area contributed by atoms with E-state index in [-0.39, 0.29) is 24.9 Å². The van der Waals surface area contributed by atoms with Gasteiger partial charge in [-0.1, -0.05) is 6.07 Å². The number of halogens is 2. The van der Waals surface area contributed by atoms with Crippen molar-refractivity contribution in [3.8, 4) is 0 Å². The number of likely N-dealkylation sites (tertiary alicyclic amines) is 1. The van der Waals surface area contributed by atoms with E-state index in [2.05, 4.69) is 0 Å². The summed E-state index contributed by atoms with van der Waals surface area (Å²) < 4.78 is 31.8. The molecule has 1 saturated heterocycles. The molecule has 1 atom stereocenters. The van der Waals surface area contributed by atoms with Crippen LogP contribution in [0.25, 0.3) is 0 Å². The molecule has 0 radical (unpaired) electrons. The lowest BCUT2D eigenvalue weighted by molar-refractivity contribution is -0.317. The Morgan fingerprint density at radius 1 is 1.29 bits per heavy atom. The van der Waals surface area contributed by atoms with Crippen LogP contribution in [0.4, 0.5) is 13.6 Å². The van der Waals surface area contributed by atoms with Crippen LogP contribution in [0.1, 0.15) is 39.2 Å². The molecule has 2 rings (SSSR count). The largest absolute Gasteiger partial charge is 0.548 e. The highest BCUT2D eigenvalue weighted by atomic mass is 19.2. The van der Waals surface area contributed by atoms with Gasteiger partial charge in [0, 0.05) is 13.0 Å². The van der Waals surface area contributed by atoms with E-state index in [1.165, 1.54) is 6.07 Å². The van der Waals surface area contributed by atoms with Gasteiger partial charge < -0.3 is 14.6 Å². The summed E-state index contributed by atoms with van der Waals surface area (Å²) in [6.45, 7) is 5.23. The quantitative estimate of drug-likeness (QED) is 0.844. The first-order valence-corrected chi connectivity index (χ1v) is 7.71. The van der Waals surface area contributed by atoms with Crippen LogP contribution in [0, 0.1) is 11.6 Å². The number of carbonyl (C=O) groups is 2. The molecule has 7 heteroatoms. The van der Waals surface area contributed by atoms with Gasteiger partial charge in [0.15, 0.2) is 11.6 Å². The standard InChI is InChI=1S/C17H21F2NO4/c1-16(2,3)24-15(23)20-8-4-7-17(20,14(21)22)10-11-5-6-12(18)13(19)9-11/h5-6,9H,4,7-8,10H2,1-3H3,(H,21,22)/p-1/t17-/m0/s1. The number of hydrogen-bond donors (Lipinski definition) is 0. The van der Waals surface area contributed by atoms with Crippen LogP contribution in [0.3, 0.4) is 0 Å². The average Bonchev–Trinajstić information content (AvgIpc) is 2.86. The van der Waals surface area contributed by atoms with Crippen molar-refractivity contribution < 1.29 is 28.2 Å². The molecule has 0 N–H and O–H groups in total. The molecular weight excluding hydrogens is 320 g/mol. The first kappa shape index (κ1) is 18.2. The second-order valence-electron chi connectivity index (χ2n) is 6.98. The molecule has 0 unspecified atom stereocenters. The summed E-state index contributed by atoms with van der Waals surface area (Å²) >= 11 is 0. The molecule has 1 aliphatic rings. The third-order valence-corrected chi connectivity index (χ3v) is 3.96. The minimum Gasteiger partial charge on any atom is -0.548 e. The lowest BCUT2D eigenvalue weighted by Gasteiger charge is -2.40. The van der Waals surface area contributed by atoms with E-state index in [4.69, 9.17) is 4.74 Å². The molecule has 0 aromatic heterocycles. The molecule has 0 aliphatic carbocycles. The van der Waals surface area contributed by atoms with E-state index in [1.54, 1.807) is 20.8 Å². The summed E-state index contributed by atoms with van der Waals surface area (Å²) in [6, 6.07) is 3.17. The van der Waals surface area contributed by atoms with Crippen LogP contribution >= 0.6 is 0 Å². The van der Waals surface area contributed by atoms with Gasteiger partial charge in [0.25, 0.3) is 0 Å². The van der Waals surface area contributed by atoms with Crippen molar-refractivity contribution in [1.29, 1.82) is 0 Å². The number of benzene rings is 1. The number of amides is 1. The van der Waals surface area contributed by atoms with Crippen LogP contribution in [-0.2, 0) is 16.0 Å². The summed E-state index contributed by atoms with van der Waals surface area (Å²) in [6.07, 6.45) is -0.317. The minimum atomic E-state index is -1.63. The molecule has 1 fully saturated rings. The maximum Gasteiger partial charge on any atom is 0.411 e. The summed E-state index contributed by atoms with van der Waals surface area (Å²) in [5.74, 6) is -3.52. The van der Waals surface area contributed by atoms with Crippen LogP contribution in [0.15, 0.2) is 18.2 Å². The lowest BCUT2D eigenvalue weighted by atomic mass is 9.88. The average molecular weight is 340 g/mol. The number of nitrogens with zero attached hydrogens (tertiary/aromatic N) is 1. The molecule has 0 saturated carbocycles. The second-order valence-corrected chi connectivity index (χ2v) is 6.98. The second kappa shape index (κ2) is 6.37. The predicted octanol–water partition coefficient (Wildman–Crippen LogP) is 2.03. The number of aliphatic carboxylic acids is 1. The Morgan fingerprint density at radius 3 is 2.50 bits per heavy atom. The number of ether oxygens (including phenoxy) is 1. The highest BCUT2D eigenvalue weighted by Gasteiger charge is 2.46. The Balaban J connectivity index is 2.33. The van der Waals surface area contributed by atoms with Gasteiger partial charge in [-0.2, -0.15) is 0 Å². The summed E-state index contributed by atoms with van der Waals surface area (Å²) in [4.78, 5) is 25.3. The number of carboxylic acids is 1. The molecule has 132 valence electrons. The van der Waals surface area contributed by atoms with Gasteiger partial charge in [0.2, 0.25) is 0 Å². The van der Waals surface area contributed by atoms with E-state index >= 15 is 0 Å². The third kappa shape index (κ3) is 3.66. The fourth-order valence-corrected chi connectivity index (χ4v) is 2.92. The Kier molecular flexibility index (Phi) is 4.82. The summed E-state index contributed by atoms with van der Waals surface area (Å²) in [7, 11) is 0. The zero-order valence-electron chi connectivity index (χ0n) is 13.9. The topological polar surface area (TPSA) is 69.7 Å². The molecule has 1 aliphatic heterocycles. The highest BCUT2D eigenvalue weighted by molar-refractivity contribution is 5.84. The van der Waals surface area contributed by atoms with Crippen molar-refractivity contribution in [3.05, 3.63) is 35.4 Å². The molecule has 1 aromatic carbocycles. The first-order chi connectivity index (χ1) is 11.0. The van der Waals surface area contributed by atoms with Gasteiger partial charge in [-0.15, -0.1) is 0 Å². The smallest absolute Gasteiger partial charge is 0.411 e. The molecule has 1 aromatic rings. The molecular formula is C17H20F2NO4-. The molecule has 1 amide bonds. The Morgan fingerprint density at radius 2 is 1.96 bits per heavy atom. The SMILES string of the molecule is CC(C)(C)OC(=O)N1CCC[C@]1(Cc1ccc(F)c(F)c1)C(=O)[O-]. The van der Waals surface area contributed by atoms with Gasteiger partial charge in [-0.05, 0) is 51.3 Å². The zero-order chi connectivity index (χ0) is 18.1. The maximum atomic E-state index is 13.4. The van der Waals surface area contributed by atoms with Crippen molar-refractivity contribution in [2.75, 3.05) is 6.54 Å². The number of carbonyl (C=O) groups excluding carboxylic acids is 2. The highest BCUT2D eigenvalue weighted by Crippen LogP contribution is 2.34.